The van der Waals surface area contributed by atoms with E-state index in [4.69, 9.17) is 4.74 Å². The topological polar surface area (TPSA) is 50.4 Å². The number of carbonyl (C=O) groups is 1. The van der Waals surface area contributed by atoms with Gasteiger partial charge in [-0.15, -0.1) is 0 Å². The molecule has 6 heteroatoms. The Hall–Kier alpha value is -0.590. The number of amides is 1. The minimum absolute atomic E-state index is 0.0347. The summed E-state index contributed by atoms with van der Waals surface area (Å²) in [6.07, 6.45) is 5.09. The highest BCUT2D eigenvalue weighted by Gasteiger charge is 2.15. The van der Waals surface area contributed by atoms with Gasteiger partial charge in [-0.05, 0) is 63.7 Å². The van der Waals surface area contributed by atoms with E-state index in [1.165, 1.54) is 19.3 Å². The predicted molar refractivity (Wildman–Crippen MR) is 91.9 cm³/mol. The first-order valence-corrected chi connectivity index (χ1v) is 8.75. The Morgan fingerprint density at radius 3 is 2.86 bits per heavy atom. The van der Waals surface area contributed by atoms with Gasteiger partial charge in [0.15, 0.2) is 0 Å². The Balaban J connectivity index is 1.89. The van der Waals surface area contributed by atoms with Gasteiger partial charge in [-0.3, -0.25) is 4.79 Å². The highest BCUT2D eigenvalue weighted by molar-refractivity contribution is 9.11. The lowest BCUT2D eigenvalue weighted by molar-refractivity contribution is -0.116. The zero-order chi connectivity index (χ0) is 15.2. The van der Waals surface area contributed by atoms with Crippen molar-refractivity contribution in [1.82, 2.24) is 5.32 Å². The molecule has 116 valence electrons. The Morgan fingerprint density at radius 1 is 1.38 bits per heavy atom. The van der Waals surface area contributed by atoms with E-state index in [1.54, 1.807) is 7.11 Å². The minimum Gasteiger partial charge on any atom is -0.495 e. The van der Waals surface area contributed by atoms with Crippen molar-refractivity contribution in [2.45, 2.75) is 38.1 Å². The van der Waals surface area contributed by atoms with Gasteiger partial charge < -0.3 is 15.4 Å². The van der Waals surface area contributed by atoms with Gasteiger partial charge >= 0.3 is 0 Å². The van der Waals surface area contributed by atoms with Crippen molar-refractivity contribution in [2.24, 2.45) is 0 Å². The third kappa shape index (κ3) is 4.97. The molecule has 2 N–H and O–H groups in total. The Bertz CT molecular complexity index is 503. The van der Waals surface area contributed by atoms with Crippen molar-refractivity contribution < 1.29 is 9.53 Å². The number of benzene rings is 1. The summed E-state index contributed by atoms with van der Waals surface area (Å²) in [5.74, 6) is 0.731. The van der Waals surface area contributed by atoms with Gasteiger partial charge in [0.2, 0.25) is 5.91 Å². The summed E-state index contributed by atoms with van der Waals surface area (Å²) in [5.41, 5.74) is 0.733. The predicted octanol–water partition coefficient (Wildman–Crippen LogP) is 4.08. The third-order valence-electron chi connectivity index (χ3n) is 3.65. The maximum Gasteiger partial charge on any atom is 0.224 e. The molecule has 1 amide bonds. The molecule has 1 atom stereocenters. The lowest BCUT2D eigenvalue weighted by Crippen LogP contribution is -2.34. The standard InChI is InChI=1S/C15H20Br2N2O2/c1-21-14-9-13(11(16)8-12(14)17)19-15(20)6-5-10-4-2-3-7-18-10/h8-10,18H,2-7H2,1H3,(H,19,20). The average Bonchev–Trinajstić information content (AvgIpc) is 2.49. The monoisotopic (exact) mass is 418 g/mol. The molecule has 0 saturated carbocycles. The number of rotatable bonds is 5. The number of hydrogen-bond acceptors (Lipinski definition) is 3. The Kier molecular flexibility index (Phi) is 6.51. The summed E-state index contributed by atoms with van der Waals surface area (Å²) in [5, 5.41) is 6.40. The maximum absolute atomic E-state index is 12.1. The fourth-order valence-electron chi connectivity index (χ4n) is 2.47. The summed E-state index contributed by atoms with van der Waals surface area (Å²) in [7, 11) is 1.61. The first kappa shape index (κ1) is 16.8. The first-order chi connectivity index (χ1) is 10.1. The molecule has 1 saturated heterocycles. The van der Waals surface area contributed by atoms with Crippen molar-refractivity contribution in [3.63, 3.8) is 0 Å². The van der Waals surface area contributed by atoms with Crippen LogP contribution in [0.3, 0.4) is 0 Å². The van der Waals surface area contributed by atoms with Gasteiger partial charge in [0.1, 0.15) is 5.75 Å². The molecule has 1 fully saturated rings. The number of ether oxygens (including phenoxy) is 1. The highest BCUT2D eigenvalue weighted by atomic mass is 79.9. The summed E-state index contributed by atoms with van der Waals surface area (Å²) in [6.45, 7) is 1.07. The van der Waals surface area contributed by atoms with E-state index in [0.29, 0.717) is 18.2 Å². The van der Waals surface area contributed by atoms with Crippen LogP contribution >= 0.6 is 31.9 Å². The van der Waals surface area contributed by atoms with E-state index in [2.05, 4.69) is 42.5 Å². The van der Waals surface area contributed by atoms with E-state index in [1.807, 2.05) is 12.1 Å². The molecule has 0 radical (unpaired) electrons. The molecule has 21 heavy (non-hydrogen) atoms. The van der Waals surface area contributed by atoms with Crippen molar-refractivity contribution in [3.8, 4) is 5.75 Å². The largest absolute Gasteiger partial charge is 0.495 e. The molecular weight excluding hydrogens is 400 g/mol. The van der Waals surface area contributed by atoms with Crippen LogP contribution in [0.25, 0.3) is 0 Å². The van der Waals surface area contributed by atoms with Gasteiger partial charge in [-0.25, -0.2) is 0 Å². The number of carbonyl (C=O) groups excluding carboxylic acids is 1. The van der Waals surface area contributed by atoms with E-state index < -0.39 is 0 Å². The van der Waals surface area contributed by atoms with Crippen molar-refractivity contribution in [1.29, 1.82) is 0 Å². The van der Waals surface area contributed by atoms with Gasteiger partial charge in [0, 0.05) is 23.0 Å². The van der Waals surface area contributed by atoms with Crippen molar-refractivity contribution >= 4 is 43.5 Å². The van der Waals surface area contributed by atoms with Gasteiger partial charge in [0.25, 0.3) is 0 Å². The number of methoxy groups -OCH3 is 1. The second kappa shape index (κ2) is 8.15. The number of hydrogen-bond donors (Lipinski definition) is 2. The summed E-state index contributed by atoms with van der Waals surface area (Å²) in [6, 6.07) is 4.16. The smallest absolute Gasteiger partial charge is 0.224 e. The lowest BCUT2D eigenvalue weighted by Gasteiger charge is -2.23. The number of nitrogens with one attached hydrogen (secondary N) is 2. The molecule has 0 spiro atoms. The van der Waals surface area contributed by atoms with Gasteiger partial charge in [0.05, 0.1) is 17.3 Å². The minimum atomic E-state index is 0.0347. The lowest BCUT2D eigenvalue weighted by atomic mass is 10.0. The second-order valence-electron chi connectivity index (χ2n) is 5.20. The van der Waals surface area contributed by atoms with Gasteiger partial charge in [-0.1, -0.05) is 6.42 Å². The molecule has 1 aliphatic rings. The van der Waals surface area contributed by atoms with Crippen LogP contribution in [0, 0.1) is 0 Å². The van der Waals surface area contributed by atoms with E-state index in [0.717, 1.165) is 27.6 Å². The molecule has 0 aromatic heterocycles. The van der Waals surface area contributed by atoms with Crippen molar-refractivity contribution in [2.75, 3.05) is 19.0 Å². The molecule has 4 nitrogen and oxygen atoms in total. The van der Waals surface area contributed by atoms with Crippen molar-refractivity contribution in [3.05, 3.63) is 21.1 Å². The number of piperidine rings is 1. The summed E-state index contributed by atoms with van der Waals surface area (Å²) in [4.78, 5) is 12.1. The molecular formula is C15H20Br2N2O2. The molecule has 1 aromatic carbocycles. The summed E-state index contributed by atoms with van der Waals surface area (Å²) >= 11 is 6.87. The molecule has 1 heterocycles. The van der Waals surface area contributed by atoms with Crippen LogP contribution in [0.15, 0.2) is 21.1 Å². The fourth-order valence-corrected chi connectivity index (χ4v) is 3.72. The molecule has 0 bridgehead atoms. The molecule has 1 aliphatic heterocycles. The van der Waals surface area contributed by atoms with Crippen LogP contribution < -0.4 is 15.4 Å². The summed E-state index contributed by atoms with van der Waals surface area (Å²) < 4.78 is 6.93. The van der Waals surface area contributed by atoms with E-state index in [-0.39, 0.29) is 5.91 Å². The first-order valence-electron chi connectivity index (χ1n) is 7.16. The molecule has 0 aliphatic carbocycles. The third-order valence-corrected chi connectivity index (χ3v) is 4.92. The zero-order valence-electron chi connectivity index (χ0n) is 12.0. The zero-order valence-corrected chi connectivity index (χ0v) is 15.2. The van der Waals surface area contributed by atoms with Crippen LogP contribution in [0.5, 0.6) is 5.75 Å². The van der Waals surface area contributed by atoms with E-state index in [9.17, 15) is 4.79 Å². The van der Waals surface area contributed by atoms with Crippen LogP contribution in [-0.2, 0) is 4.79 Å². The van der Waals surface area contributed by atoms with Gasteiger partial charge in [-0.2, -0.15) is 0 Å². The second-order valence-corrected chi connectivity index (χ2v) is 6.91. The number of halogens is 2. The normalized spacial score (nSPS) is 18.3. The average molecular weight is 420 g/mol. The highest BCUT2D eigenvalue weighted by Crippen LogP contribution is 2.34. The van der Waals surface area contributed by atoms with E-state index >= 15 is 0 Å². The van der Waals surface area contributed by atoms with Crippen LogP contribution in [0.1, 0.15) is 32.1 Å². The molecule has 2 rings (SSSR count). The SMILES string of the molecule is COc1cc(NC(=O)CCC2CCCCN2)c(Br)cc1Br. The van der Waals surface area contributed by atoms with Crippen LogP contribution in [0.4, 0.5) is 5.69 Å². The maximum atomic E-state index is 12.1. The van der Waals surface area contributed by atoms with Crippen LogP contribution in [0.2, 0.25) is 0 Å². The number of anilines is 1. The molecule has 1 aromatic rings. The molecule has 1 unspecified atom stereocenters. The Labute approximate surface area is 142 Å². The van der Waals surface area contributed by atoms with Crippen LogP contribution in [-0.4, -0.2) is 25.6 Å². The quantitative estimate of drug-likeness (QED) is 0.755. The Morgan fingerprint density at radius 2 is 2.19 bits per heavy atom. The fraction of sp³-hybridized carbons (Fsp3) is 0.533.